The molecule has 1 aromatic carbocycles. The Morgan fingerprint density at radius 2 is 2.00 bits per heavy atom. The Balaban J connectivity index is 2.85. The summed E-state index contributed by atoms with van der Waals surface area (Å²) in [6, 6.07) is 10.2. The smallest absolute Gasteiger partial charge is 0.0410 e. The normalized spacial score (nSPS) is 10.2. The standard InChI is InChI=1S/C14H17N/c1-4-6-10-13(3)15(5-2)14-11-8-7-9-12-14/h4,6-12H,1,3,5H2,2H3/b10-6-. The van der Waals surface area contributed by atoms with E-state index in [0.29, 0.717) is 0 Å². The first kappa shape index (κ1) is 11.3. The van der Waals surface area contributed by atoms with Gasteiger partial charge in [-0.2, -0.15) is 0 Å². The molecule has 0 saturated carbocycles. The molecule has 1 aromatic rings. The Morgan fingerprint density at radius 1 is 1.33 bits per heavy atom. The second-order valence-corrected chi connectivity index (χ2v) is 3.17. The zero-order valence-corrected chi connectivity index (χ0v) is 9.19. The van der Waals surface area contributed by atoms with Crippen LogP contribution >= 0.6 is 0 Å². The maximum Gasteiger partial charge on any atom is 0.0410 e. The highest BCUT2D eigenvalue weighted by Gasteiger charge is 2.03. The van der Waals surface area contributed by atoms with Crippen molar-refractivity contribution in [1.82, 2.24) is 0 Å². The fourth-order valence-corrected chi connectivity index (χ4v) is 1.43. The number of allylic oxidation sites excluding steroid dienone is 3. The van der Waals surface area contributed by atoms with Gasteiger partial charge >= 0.3 is 0 Å². The molecule has 0 saturated heterocycles. The quantitative estimate of drug-likeness (QED) is 0.652. The van der Waals surface area contributed by atoms with Gasteiger partial charge in [-0.25, -0.2) is 0 Å². The molecule has 0 fully saturated rings. The summed E-state index contributed by atoms with van der Waals surface area (Å²) in [5.74, 6) is 0. The minimum absolute atomic E-state index is 0.907. The number of rotatable bonds is 5. The third kappa shape index (κ3) is 3.13. The van der Waals surface area contributed by atoms with Crippen LogP contribution in [0.1, 0.15) is 6.92 Å². The molecule has 0 bridgehead atoms. The maximum atomic E-state index is 4.03. The van der Waals surface area contributed by atoms with Crippen molar-refractivity contribution in [1.29, 1.82) is 0 Å². The number of nitrogens with zero attached hydrogens (tertiary/aromatic N) is 1. The van der Waals surface area contributed by atoms with Crippen molar-refractivity contribution in [3.8, 4) is 0 Å². The molecule has 0 amide bonds. The molecule has 0 spiro atoms. The summed E-state index contributed by atoms with van der Waals surface area (Å²) < 4.78 is 0. The van der Waals surface area contributed by atoms with Crippen molar-refractivity contribution in [2.45, 2.75) is 6.92 Å². The van der Waals surface area contributed by atoms with Crippen molar-refractivity contribution in [2.24, 2.45) is 0 Å². The van der Waals surface area contributed by atoms with Crippen molar-refractivity contribution >= 4 is 5.69 Å². The number of anilines is 1. The second kappa shape index (κ2) is 5.86. The SMILES string of the molecule is C=C/C=C\C(=C)N(CC)c1ccccc1. The third-order valence-corrected chi connectivity index (χ3v) is 2.16. The molecule has 0 N–H and O–H groups in total. The zero-order valence-electron chi connectivity index (χ0n) is 9.19. The Bertz CT molecular complexity index is 349. The number of benzene rings is 1. The largest absolute Gasteiger partial charge is 0.342 e. The van der Waals surface area contributed by atoms with E-state index in [0.717, 1.165) is 12.2 Å². The number of likely N-dealkylation sites (N-methyl/N-ethyl adjacent to an activating group) is 1. The van der Waals surface area contributed by atoms with E-state index in [9.17, 15) is 0 Å². The number of para-hydroxylation sites is 1. The van der Waals surface area contributed by atoms with E-state index in [1.54, 1.807) is 6.08 Å². The molecular formula is C14H17N. The van der Waals surface area contributed by atoms with Crippen LogP contribution < -0.4 is 4.90 Å². The van der Waals surface area contributed by atoms with Crippen LogP contribution in [-0.2, 0) is 0 Å². The highest BCUT2D eigenvalue weighted by molar-refractivity contribution is 5.53. The van der Waals surface area contributed by atoms with E-state index in [1.165, 1.54) is 5.69 Å². The molecule has 15 heavy (non-hydrogen) atoms. The molecule has 78 valence electrons. The van der Waals surface area contributed by atoms with Crippen LogP contribution in [0.15, 0.2) is 67.4 Å². The Morgan fingerprint density at radius 3 is 2.53 bits per heavy atom. The molecule has 1 rings (SSSR count). The minimum atomic E-state index is 0.907. The molecule has 0 aliphatic rings. The van der Waals surface area contributed by atoms with E-state index >= 15 is 0 Å². The zero-order chi connectivity index (χ0) is 11.1. The Hall–Kier alpha value is -1.76. The van der Waals surface area contributed by atoms with Crippen LogP contribution in [0.3, 0.4) is 0 Å². The Labute approximate surface area is 92.0 Å². The molecule has 0 aromatic heterocycles. The van der Waals surface area contributed by atoms with E-state index in [4.69, 9.17) is 0 Å². The average Bonchev–Trinajstić information content (AvgIpc) is 2.29. The molecule has 0 radical (unpaired) electrons. The van der Waals surface area contributed by atoms with Crippen molar-refractivity contribution in [3.05, 3.63) is 67.4 Å². The molecule has 0 aliphatic carbocycles. The molecular weight excluding hydrogens is 182 g/mol. The first-order chi connectivity index (χ1) is 7.29. The van der Waals surface area contributed by atoms with Gasteiger partial charge in [0.15, 0.2) is 0 Å². The van der Waals surface area contributed by atoms with Gasteiger partial charge in [0.2, 0.25) is 0 Å². The van der Waals surface area contributed by atoms with Gasteiger partial charge < -0.3 is 4.90 Å². The predicted octanol–water partition coefficient (Wildman–Crippen LogP) is 3.77. The molecule has 0 heterocycles. The van der Waals surface area contributed by atoms with E-state index in [-0.39, 0.29) is 0 Å². The van der Waals surface area contributed by atoms with E-state index < -0.39 is 0 Å². The van der Waals surface area contributed by atoms with Gasteiger partial charge in [-0.3, -0.25) is 0 Å². The van der Waals surface area contributed by atoms with Crippen LogP contribution in [0, 0.1) is 0 Å². The third-order valence-electron chi connectivity index (χ3n) is 2.16. The summed E-state index contributed by atoms with van der Waals surface area (Å²) >= 11 is 0. The molecule has 0 unspecified atom stereocenters. The summed E-state index contributed by atoms with van der Waals surface area (Å²) in [5.41, 5.74) is 2.14. The topological polar surface area (TPSA) is 3.24 Å². The van der Waals surface area contributed by atoms with Gasteiger partial charge in [0.1, 0.15) is 0 Å². The fraction of sp³-hybridized carbons (Fsp3) is 0.143. The van der Waals surface area contributed by atoms with Crippen LogP contribution in [0.25, 0.3) is 0 Å². The van der Waals surface area contributed by atoms with Gasteiger partial charge in [0.05, 0.1) is 0 Å². The van der Waals surface area contributed by atoms with Crippen LogP contribution in [0.4, 0.5) is 5.69 Å². The molecule has 1 heteroatoms. The first-order valence-corrected chi connectivity index (χ1v) is 5.10. The van der Waals surface area contributed by atoms with E-state index in [2.05, 4.69) is 37.1 Å². The highest BCUT2D eigenvalue weighted by atomic mass is 15.1. The van der Waals surface area contributed by atoms with E-state index in [1.807, 2.05) is 30.4 Å². The number of hydrogen-bond donors (Lipinski definition) is 0. The Kier molecular flexibility index (Phi) is 4.42. The molecule has 0 aliphatic heterocycles. The van der Waals surface area contributed by atoms with Gasteiger partial charge in [-0.1, -0.05) is 43.5 Å². The lowest BCUT2D eigenvalue weighted by Crippen LogP contribution is -2.19. The second-order valence-electron chi connectivity index (χ2n) is 3.17. The van der Waals surface area contributed by atoms with Crippen molar-refractivity contribution in [2.75, 3.05) is 11.4 Å². The van der Waals surface area contributed by atoms with Gasteiger partial charge in [0, 0.05) is 17.9 Å². The lowest BCUT2D eigenvalue weighted by molar-refractivity contribution is 0.982. The first-order valence-electron chi connectivity index (χ1n) is 5.10. The fourth-order valence-electron chi connectivity index (χ4n) is 1.43. The minimum Gasteiger partial charge on any atom is -0.342 e. The summed E-state index contributed by atoms with van der Waals surface area (Å²) in [4.78, 5) is 2.15. The lowest BCUT2D eigenvalue weighted by Gasteiger charge is -2.23. The summed E-state index contributed by atoms with van der Waals surface area (Å²) in [6.45, 7) is 10.7. The van der Waals surface area contributed by atoms with Gasteiger partial charge in [-0.15, -0.1) is 0 Å². The van der Waals surface area contributed by atoms with Crippen LogP contribution in [0.2, 0.25) is 0 Å². The lowest BCUT2D eigenvalue weighted by atomic mass is 10.2. The van der Waals surface area contributed by atoms with Crippen molar-refractivity contribution < 1.29 is 0 Å². The summed E-state index contributed by atoms with van der Waals surface area (Å²) in [7, 11) is 0. The maximum absolute atomic E-state index is 4.03. The van der Waals surface area contributed by atoms with Crippen LogP contribution in [0.5, 0.6) is 0 Å². The van der Waals surface area contributed by atoms with Gasteiger partial charge in [0.25, 0.3) is 0 Å². The average molecular weight is 199 g/mol. The summed E-state index contributed by atoms with van der Waals surface area (Å²) in [6.07, 6.45) is 5.61. The van der Waals surface area contributed by atoms with Crippen LogP contribution in [-0.4, -0.2) is 6.54 Å². The van der Waals surface area contributed by atoms with Crippen molar-refractivity contribution in [3.63, 3.8) is 0 Å². The molecule has 1 nitrogen and oxygen atoms in total. The van der Waals surface area contributed by atoms with Gasteiger partial charge in [-0.05, 0) is 25.1 Å². The highest BCUT2D eigenvalue weighted by Crippen LogP contribution is 2.17. The predicted molar refractivity (Wildman–Crippen MR) is 67.9 cm³/mol. The summed E-state index contributed by atoms with van der Waals surface area (Å²) in [5, 5.41) is 0. The monoisotopic (exact) mass is 199 g/mol. The molecule has 0 atom stereocenters. The number of hydrogen-bond acceptors (Lipinski definition) is 1.